The summed E-state index contributed by atoms with van der Waals surface area (Å²) < 4.78 is 6.46. The van der Waals surface area contributed by atoms with Crippen molar-refractivity contribution in [3.05, 3.63) is 28.2 Å². The number of nitrogens with zero attached hydrogens (tertiary/aromatic N) is 1. The van der Waals surface area contributed by atoms with E-state index in [1.165, 1.54) is 5.56 Å². The molecule has 0 aliphatic rings. The van der Waals surface area contributed by atoms with Gasteiger partial charge in [0.05, 0.1) is 7.11 Å². The highest BCUT2D eigenvalue weighted by atomic mass is 79.9. The topological polar surface area (TPSA) is 12.5 Å². The lowest BCUT2D eigenvalue weighted by Crippen LogP contribution is -2.28. The fourth-order valence-corrected chi connectivity index (χ4v) is 1.91. The predicted molar refractivity (Wildman–Crippen MR) is 72.2 cm³/mol. The molecule has 0 fully saturated rings. The zero-order valence-corrected chi connectivity index (χ0v) is 12.0. The molecule has 0 amide bonds. The zero-order valence-electron chi connectivity index (χ0n) is 10.5. The van der Waals surface area contributed by atoms with Gasteiger partial charge in [-0.1, -0.05) is 15.9 Å². The van der Waals surface area contributed by atoms with Crippen LogP contribution in [0.5, 0.6) is 5.75 Å². The first kappa shape index (κ1) is 13.5. The fraction of sp³-hybridized carbons (Fsp3) is 0.538. The van der Waals surface area contributed by atoms with Crippen LogP contribution in [0.15, 0.2) is 22.7 Å². The molecular formula is C13H20BrNO. The quantitative estimate of drug-likeness (QED) is 0.823. The molecule has 2 nitrogen and oxygen atoms in total. The Kier molecular flexibility index (Phi) is 5.29. The summed E-state index contributed by atoms with van der Waals surface area (Å²) in [5, 5.41) is 0. The van der Waals surface area contributed by atoms with Gasteiger partial charge in [0.15, 0.2) is 0 Å². The van der Waals surface area contributed by atoms with Gasteiger partial charge in [-0.2, -0.15) is 0 Å². The maximum absolute atomic E-state index is 5.35. The normalized spacial score (nSPS) is 11.2. The van der Waals surface area contributed by atoms with Crippen molar-refractivity contribution < 1.29 is 4.74 Å². The first-order valence-electron chi connectivity index (χ1n) is 5.57. The Morgan fingerprint density at radius 2 is 2.06 bits per heavy atom. The lowest BCUT2D eigenvalue weighted by atomic mass is 10.1. The largest absolute Gasteiger partial charge is 0.496 e. The van der Waals surface area contributed by atoms with E-state index in [2.05, 4.69) is 47.8 Å². The molecule has 0 aliphatic carbocycles. The van der Waals surface area contributed by atoms with Gasteiger partial charge in [0.2, 0.25) is 0 Å². The molecule has 3 heteroatoms. The summed E-state index contributed by atoms with van der Waals surface area (Å²) in [6.07, 6.45) is 1.01. The maximum Gasteiger partial charge on any atom is 0.122 e. The number of rotatable bonds is 5. The van der Waals surface area contributed by atoms with E-state index >= 15 is 0 Å². The lowest BCUT2D eigenvalue weighted by molar-refractivity contribution is 0.276. The average molecular weight is 286 g/mol. The van der Waals surface area contributed by atoms with Crippen LogP contribution in [0, 0.1) is 0 Å². The third-order valence-corrected chi connectivity index (χ3v) is 3.35. The summed E-state index contributed by atoms with van der Waals surface area (Å²) in [5.74, 6) is 0.973. The van der Waals surface area contributed by atoms with Gasteiger partial charge in [0.25, 0.3) is 0 Å². The number of halogens is 1. The summed E-state index contributed by atoms with van der Waals surface area (Å²) in [6.45, 7) is 5.46. The maximum atomic E-state index is 5.35. The third-order valence-electron chi connectivity index (χ3n) is 2.86. The van der Waals surface area contributed by atoms with Gasteiger partial charge in [-0.3, -0.25) is 0 Å². The Balaban J connectivity index is 2.68. The minimum absolute atomic E-state index is 0.582. The Morgan fingerprint density at radius 1 is 1.38 bits per heavy atom. The van der Waals surface area contributed by atoms with E-state index in [0.29, 0.717) is 6.04 Å². The highest BCUT2D eigenvalue weighted by Crippen LogP contribution is 2.23. The second-order valence-electron chi connectivity index (χ2n) is 4.28. The van der Waals surface area contributed by atoms with E-state index < -0.39 is 0 Å². The molecule has 90 valence electrons. The molecule has 0 unspecified atom stereocenters. The van der Waals surface area contributed by atoms with Crippen molar-refractivity contribution in [1.29, 1.82) is 0 Å². The molecule has 16 heavy (non-hydrogen) atoms. The van der Waals surface area contributed by atoms with E-state index in [0.717, 1.165) is 23.2 Å². The Morgan fingerprint density at radius 3 is 2.62 bits per heavy atom. The van der Waals surface area contributed by atoms with Crippen LogP contribution in [0.4, 0.5) is 0 Å². The molecular weight excluding hydrogens is 266 g/mol. The molecule has 0 atom stereocenters. The van der Waals surface area contributed by atoms with Gasteiger partial charge in [0, 0.05) is 17.1 Å². The first-order valence-corrected chi connectivity index (χ1v) is 6.36. The van der Waals surface area contributed by atoms with Crippen molar-refractivity contribution in [2.45, 2.75) is 26.3 Å². The minimum atomic E-state index is 0.582. The Labute approximate surface area is 107 Å². The monoisotopic (exact) mass is 285 g/mol. The second-order valence-corrected chi connectivity index (χ2v) is 5.20. The van der Waals surface area contributed by atoms with Crippen LogP contribution in [0.3, 0.4) is 0 Å². The highest BCUT2D eigenvalue weighted by Gasteiger charge is 2.07. The molecule has 0 saturated heterocycles. The van der Waals surface area contributed by atoms with Crippen LogP contribution in [-0.4, -0.2) is 31.6 Å². The van der Waals surface area contributed by atoms with Crippen molar-refractivity contribution in [3.8, 4) is 5.75 Å². The van der Waals surface area contributed by atoms with E-state index in [-0.39, 0.29) is 0 Å². The molecule has 0 aliphatic heterocycles. The van der Waals surface area contributed by atoms with Gasteiger partial charge >= 0.3 is 0 Å². The number of ether oxygens (including phenoxy) is 1. The first-order chi connectivity index (χ1) is 7.54. The van der Waals surface area contributed by atoms with E-state index in [9.17, 15) is 0 Å². The van der Waals surface area contributed by atoms with Crippen LogP contribution in [0.1, 0.15) is 19.4 Å². The SMILES string of the molecule is COc1ccc(Br)cc1CCN(C)C(C)C. The van der Waals surface area contributed by atoms with Crippen molar-refractivity contribution in [2.75, 3.05) is 20.7 Å². The standard InChI is InChI=1S/C13H20BrNO/c1-10(2)15(3)8-7-11-9-12(14)5-6-13(11)16-4/h5-6,9-10H,7-8H2,1-4H3. The van der Waals surface area contributed by atoms with Crippen molar-refractivity contribution in [1.82, 2.24) is 4.90 Å². The van der Waals surface area contributed by atoms with Crippen LogP contribution in [0.25, 0.3) is 0 Å². The molecule has 1 rings (SSSR count). The van der Waals surface area contributed by atoms with E-state index in [4.69, 9.17) is 4.74 Å². The fourth-order valence-electron chi connectivity index (χ4n) is 1.50. The van der Waals surface area contributed by atoms with Crippen LogP contribution >= 0.6 is 15.9 Å². The molecule has 1 aromatic carbocycles. The highest BCUT2D eigenvalue weighted by molar-refractivity contribution is 9.10. The van der Waals surface area contributed by atoms with Gasteiger partial charge in [-0.15, -0.1) is 0 Å². The smallest absolute Gasteiger partial charge is 0.122 e. The van der Waals surface area contributed by atoms with Gasteiger partial charge in [-0.25, -0.2) is 0 Å². The third kappa shape index (κ3) is 3.80. The van der Waals surface area contributed by atoms with E-state index in [1.54, 1.807) is 7.11 Å². The molecule has 0 heterocycles. The van der Waals surface area contributed by atoms with Gasteiger partial charge in [0.1, 0.15) is 5.75 Å². The Hall–Kier alpha value is -0.540. The van der Waals surface area contributed by atoms with Crippen LogP contribution < -0.4 is 4.74 Å². The van der Waals surface area contributed by atoms with Crippen molar-refractivity contribution in [3.63, 3.8) is 0 Å². The molecule has 1 aromatic rings. The van der Waals surface area contributed by atoms with Crippen molar-refractivity contribution >= 4 is 15.9 Å². The molecule has 0 aromatic heterocycles. The minimum Gasteiger partial charge on any atom is -0.496 e. The Bertz CT molecular complexity index is 339. The summed E-state index contributed by atoms with van der Waals surface area (Å²) in [4.78, 5) is 2.33. The number of hydrogen-bond donors (Lipinski definition) is 0. The average Bonchev–Trinajstić information content (AvgIpc) is 2.25. The number of methoxy groups -OCH3 is 1. The summed E-state index contributed by atoms with van der Waals surface area (Å²) in [7, 11) is 3.87. The number of benzene rings is 1. The summed E-state index contributed by atoms with van der Waals surface area (Å²) in [6, 6.07) is 6.73. The summed E-state index contributed by atoms with van der Waals surface area (Å²) >= 11 is 3.49. The van der Waals surface area contributed by atoms with Crippen LogP contribution in [0.2, 0.25) is 0 Å². The van der Waals surface area contributed by atoms with E-state index in [1.807, 2.05) is 12.1 Å². The molecule has 0 N–H and O–H groups in total. The second kappa shape index (κ2) is 6.26. The summed E-state index contributed by atoms with van der Waals surface area (Å²) in [5.41, 5.74) is 1.25. The number of likely N-dealkylation sites (N-methyl/N-ethyl adjacent to an activating group) is 1. The molecule has 0 saturated carbocycles. The molecule has 0 radical (unpaired) electrons. The van der Waals surface area contributed by atoms with Gasteiger partial charge in [-0.05, 0) is 51.1 Å². The molecule has 0 bridgehead atoms. The lowest BCUT2D eigenvalue weighted by Gasteiger charge is -2.21. The molecule has 0 spiro atoms. The predicted octanol–water partition coefficient (Wildman–Crippen LogP) is 3.34. The van der Waals surface area contributed by atoms with Gasteiger partial charge < -0.3 is 9.64 Å². The van der Waals surface area contributed by atoms with Crippen molar-refractivity contribution in [2.24, 2.45) is 0 Å². The number of hydrogen-bond acceptors (Lipinski definition) is 2. The zero-order chi connectivity index (χ0) is 12.1. The van der Waals surface area contributed by atoms with Crippen LogP contribution in [-0.2, 0) is 6.42 Å².